The minimum atomic E-state index is -0.0863. The Morgan fingerprint density at radius 2 is 2.14 bits per heavy atom. The molecule has 1 N–H and O–H groups in total. The van der Waals surface area contributed by atoms with Crippen molar-refractivity contribution in [2.75, 3.05) is 6.61 Å². The summed E-state index contributed by atoms with van der Waals surface area (Å²) in [5.74, 6) is -0.0863. The molecule has 0 bridgehead atoms. The van der Waals surface area contributed by atoms with E-state index in [4.69, 9.17) is 4.74 Å². The van der Waals surface area contributed by atoms with Gasteiger partial charge >= 0.3 is 5.97 Å². The molecule has 1 unspecified atom stereocenters. The molecule has 1 aromatic rings. The van der Waals surface area contributed by atoms with Crippen LogP contribution < -0.4 is 5.32 Å². The molecular weight excluding hydrogens is 262 g/mol. The molecular formula is C18H25NO2. The molecule has 21 heavy (non-hydrogen) atoms. The summed E-state index contributed by atoms with van der Waals surface area (Å²) in [5, 5.41) is 3.60. The van der Waals surface area contributed by atoms with Crippen LogP contribution >= 0.6 is 0 Å². The van der Waals surface area contributed by atoms with E-state index < -0.39 is 0 Å². The highest BCUT2D eigenvalue weighted by Gasteiger charge is 2.26. The lowest BCUT2D eigenvalue weighted by Gasteiger charge is -2.18. The highest BCUT2D eigenvalue weighted by Crippen LogP contribution is 2.25. The molecule has 1 saturated carbocycles. The van der Waals surface area contributed by atoms with Crippen molar-refractivity contribution in [2.24, 2.45) is 0 Å². The lowest BCUT2D eigenvalue weighted by molar-refractivity contribution is -0.143. The molecule has 0 amide bonds. The van der Waals surface area contributed by atoms with Crippen LogP contribution in [0, 0.1) is 0 Å². The summed E-state index contributed by atoms with van der Waals surface area (Å²) in [6.45, 7) is 2.33. The molecule has 0 aromatic heterocycles. The molecule has 0 heterocycles. The van der Waals surface area contributed by atoms with Gasteiger partial charge in [0.1, 0.15) is 0 Å². The van der Waals surface area contributed by atoms with Crippen LogP contribution in [0.5, 0.6) is 0 Å². The number of carbonyl (C=O) groups excluding carboxylic acids is 1. The third kappa shape index (κ3) is 4.07. The molecule has 0 radical (unpaired) electrons. The van der Waals surface area contributed by atoms with Gasteiger partial charge in [-0.25, -0.2) is 0 Å². The van der Waals surface area contributed by atoms with E-state index in [1.165, 1.54) is 48.8 Å². The minimum absolute atomic E-state index is 0.0863. The maximum atomic E-state index is 11.8. The van der Waals surface area contributed by atoms with Gasteiger partial charge in [0.2, 0.25) is 0 Å². The predicted octanol–water partition coefficient (Wildman–Crippen LogP) is 2.79. The summed E-state index contributed by atoms with van der Waals surface area (Å²) in [6.07, 6.45) is 7.59. The molecule has 0 saturated heterocycles. The summed E-state index contributed by atoms with van der Waals surface area (Å²) in [4.78, 5) is 11.8. The van der Waals surface area contributed by atoms with Crippen LogP contribution in [0.1, 0.15) is 49.3 Å². The second kappa shape index (κ2) is 6.61. The van der Waals surface area contributed by atoms with E-state index >= 15 is 0 Å². The quantitative estimate of drug-likeness (QED) is 0.784. The molecule has 1 atom stereocenters. The summed E-state index contributed by atoms with van der Waals surface area (Å²) in [7, 11) is 0. The van der Waals surface area contributed by atoms with Gasteiger partial charge < -0.3 is 10.1 Å². The normalized spacial score (nSPS) is 18.3. The molecule has 0 spiro atoms. The van der Waals surface area contributed by atoms with E-state index in [1.807, 2.05) is 6.92 Å². The molecule has 3 rings (SSSR count). The number of esters is 1. The van der Waals surface area contributed by atoms with Crippen LogP contribution in [0.2, 0.25) is 0 Å². The second-order valence-electron chi connectivity index (χ2n) is 6.31. The average Bonchev–Trinajstić information content (AvgIpc) is 3.14. The Labute approximate surface area is 127 Å². The van der Waals surface area contributed by atoms with Gasteiger partial charge in [-0.05, 0) is 62.1 Å². The Hall–Kier alpha value is -1.35. The number of aryl methyl sites for hydroxylation is 2. The SMILES string of the molecule is CCOC(=O)CC(Cc1ccc2c(c1)CCC2)NC1CC1. The Morgan fingerprint density at radius 3 is 2.90 bits per heavy atom. The first-order valence-corrected chi connectivity index (χ1v) is 8.27. The minimum Gasteiger partial charge on any atom is -0.466 e. The van der Waals surface area contributed by atoms with Gasteiger partial charge in [0.05, 0.1) is 13.0 Å². The largest absolute Gasteiger partial charge is 0.466 e. The molecule has 2 aliphatic carbocycles. The Morgan fingerprint density at radius 1 is 1.33 bits per heavy atom. The van der Waals surface area contributed by atoms with Crippen molar-refractivity contribution in [3.05, 3.63) is 34.9 Å². The van der Waals surface area contributed by atoms with Gasteiger partial charge in [-0.1, -0.05) is 18.2 Å². The van der Waals surface area contributed by atoms with Crippen molar-refractivity contribution >= 4 is 5.97 Å². The summed E-state index contributed by atoms with van der Waals surface area (Å²) >= 11 is 0. The number of hydrogen-bond donors (Lipinski definition) is 1. The standard InChI is InChI=1S/C18H25NO2/c1-2-21-18(20)12-17(19-16-8-9-16)11-13-6-7-14-4-3-5-15(14)10-13/h6-7,10,16-17,19H,2-5,8-9,11-12H2,1H3. The highest BCUT2D eigenvalue weighted by atomic mass is 16.5. The monoisotopic (exact) mass is 287 g/mol. The maximum absolute atomic E-state index is 11.8. The number of rotatable bonds is 7. The number of hydrogen-bond acceptors (Lipinski definition) is 3. The van der Waals surface area contributed by atoms with Crippen LogP contribution in [0.4, 0.5) is 0 Å². The van der Waals surface area contributed by atoms with E-state index in [-0.39, 0.29) is 12.0 Å². The Balaban J connectivity index is 1.63. The lowest BCUT2D eigenvalue weighted by Crippen LogP contribution is -2.35. The van der Waals surface area contributed by atoms with Crippen LogP contribution in [-0.4, -0.2) is 24.7 Å². The number of ether oxygens (including phenoxy) is 1. The fraction of sp³-hybridized carbons (Fsp3) is 0.611. The molecule has 1 aromatic carbocycles. The topological polar surface area (TPSA) is 38.3 Å². The third-order valence-electron chi connectivity index (χ3n) is 4.41. The number of benzene rings is 1. The smallest absolute Gasteiger partial charge is 0.307 e. The van der Waals surface area contributed by atoms with Gasteiger partial charge in [0.25, 0.3) is 0 Å². The summed E-state index contributed by atoms with van der Waals surface area (Å²) in [5.41, 5.74) is 4.36. The fourth-order valence-electron chi connectivity index (χ4n) is 3.23. The lowest BCUT2D eigenvalue weighted by atomic mass is 9.99. The first kappa shape index (κ1) is 14.6. The van der Waals surface area contributed by atoms with E-state index in [1.54, 1.807) is 0 Å². The molecule has 114 valence electrons. The zero-order valence-electron chi connectivity index (χ0n) is 12.9. The van der Waals surface area contributed by atoms with Crippen molar-refractivity contribution in [3.63, 3.8) is 0 Å². The number of fused-ring (bicyclic) bond motifs is 1. The first-order valence-electron chi connectivity index (χ1n) is 8.27. The van der Waals surface area contributed by atoms with Crippen LogP contribution in [-0.2, 0) is 28.8 Å². The van der Waals surface area contributed by atoms with Gasteiger partial charge in [-0.15, -0.1) is 0 Å². The van der Waals surface area contributed by atoms with E-state index in [9.17, 15) is 4.79 Å². The Kier molecular flexibility index (Phi) is 4.59. The molecule has 0 aliphatic heterocycles. The van der Waals surface area contributed by atoms with E-state index in [2.05, 4.69) is 23.5 Å². The zero-order chi connectivity index (χ0) is 14.7. The van der Waals surface area contributed by atoms with Gasteiger partial charge in [0, 0.05) is 12.1 Å². The van der Waals surface area contributed by atoms with Crippen LogP contribution in [0.15, 0.2) is 18.2 Å². The van der Waals surface area contributed by atoms with Crippen LogP contribution in [0.3, 0.4) is 0 Å². The number of nitrogens with one attached hydrogen (secondary N) is 1. The Bertz CT molecular complexity index is 508. The average molecular weight is 287 g/mol. The van der Waals surface area contributed by atoms with Gasteiger partial charge in [-0.2, -0.15) is 0 Å². The maximum Gasteiger partial charge on any atom is 0.307 e. The number of carbonyl (C=O) groups is 1. The zero-order valence-corrected chi connectivity index (χ0v) is 12.9. The van der Waals surface area contributed by atoms with Gasteiger partial charge in [0.15, 0.2) is 0 Å². The van der Waals surface area contributed by atoms with E-state index in [0.717, 1.165) is 6.42 Å². The summed E-state index contributed by atoms with van der Waals surface area (Å²) in [6, 6.07) is 7.66. The third-order valence-corrected chi connectivity index (χ3v) is 4.41. The van der Waals surface area contributed by atoms with Crippen molar-refractivity contribution < 1.29 is 9.53 Å². The van der Waals surface area contributed by atoms with Crippen molar-refractivity contribution in [1.29, 1.82) is 0 Å². The predicted molar refractivity (Wildman–Crippen MR) is 83.4 cm³/mol. The van der Waals surface area contributed by atoms with Crippen molar-refractivity contribution in [3.8, 4) is 0 Å². The van der Waals surface area contributed by atoms with Crippen LogP contribution in [0.25, 0.3) is 0 Å². The molecule has 3 heteroatoms. The van der Waals surface area contributed by atoms with Gasteiger partial charge in [-0.3, -0.25) is 4.79 Å². The molecule has 1 fully saturated rings. The first-order chi connectivity index (χ1) is 10.2. The van der Waals surface area contributed by atoms with E-state index in [0.29, 0.717) is 19.1 Å². The molecule has 2 aliphatic rings. The fourth-order valence-corrected chi connectivity index (χ4v) is 3.23. The summed E-state index contributed by atoms with van der Waals surface area (Å²) < 4.78 is 5.11. The highest BCUT2D eigenvalue weighted by molar-refractivity contribution is 5.70. The second-order valence-corrected chi connectivity index (χ2v) is 6.31. The van der Waals surface area contributed by atoms with Crippen molar-refractivity contribution in [1.82, 2.24) is 5.32 Å². The molecule has 3 nitrogen and oxygen atoms in total. The van der Waals surface area contributed by atoms with Crippen molar-refractivity contribution in [2.45, 2.75) is 64.0 Å².